The molecule has 1 aromatic heterocycles. The van der Waals surface area contributed by atoms with E-state index in [1.807, 2.05) is 13.8 Å². The van der Waals surface area contributed by atoms with Gasteiger partial charge < -0.3 is 5.73 Å². The minimum Gasteiger partial charge on any atom is -0.399 e. The molecular weight excluding hydrogens is 152 g/mol. The van der Waals surface area contributed by atoms with Crippen LogP contribution in [0.4, 0.5) is 5.69 Å². The van der Waals surface area contributed by atoms with Crippen molar-refractivity contribution in [3.63, 3.8) is 0 Å². The van der Waals surface area contributed by atoms with Gasteiger partial charge in [0, 0.05) is 17.8 Å². The third-order valence-corrected chi connectivity index (χ3v) is 1.58. The van der Waals surface area contributed by atoms with Crippen LogP contribution in [0.1, 0.15) is 29.5 Å². The second-order valence-electron chi connectivity index (χ2n) is 2.70. The van der Waals surface area contributed by atoms with Crippen molar-refractivity contribution in [1.82, 2.24) is 4.98 Å². The highest BCUT2D eigenvalue weighted by molar-refractivity contribution is 5.94. The maximum Gasteiger partial charge on any atom is 0.180 e. The van der Waals surface area contributed by atoms with Crippen LogP contribution in [0.5, 0.6) is 0 Å². The SMILES string of the molecule is CCC(=O)c1cc(N)cc(C)n1. The van der Waals surface area contributed by atoms with E-state index in [2.05, 4.69) is 4.98 Å². The van der Waals surface area contributed by atoms with E-state index >= 15 is 0 Å². The van der Waals surface area contributed by atoms with Crippen molar-refractivity contribution < 1.29 is 4.79 Å². The average Bonchev–Trinajstić information content (AvgIpc) is 2.01. The van der Waals surface area contributed by atoms with Crippen molar-refractivity contribution in [2.45, 2.75) is 20.3 Å². The molecule has 0 aliphatic carbocycles. The highest BCUT2D eigenvalue weighted by Crippen LogP contribution is 2.08. The number of aryl methyl sites for hydroxylation is 1. The Hall–Kier alpha value is -1.38. The molecule has 0 saturated heterocycles. The normalized spacial score (nSPS) is 9.83. The van der Waals surface area contributed by atoms with Gasteiger partial charge in [0.1, 0.15) is 5.69 Å². The third kappa shape index (κ3) is 1.81. The zero-order valence-electron chi connectivity index (χ0n) is 7.29. The number of aromatic nitrogens is 1. The van der Waals surface area contributed by atoms with Gasteiger partial charge in [-0.15, -0.1) is 0 Å². The fourth-order valence-corrected chi connectivity index (χ4v) is 1.02. The van der Waals surface area contributed by atoms with E-state index in [9.17, 15) is 4.79 Å². The smallest absolute Gasteiger partial charge is 0.180 e. The predicted octanol–water partition coefficient (Wildman–Crippen LogP) is 1.56. The van der Waals surface area contributed by atoms with Crippen molar-refractivity contribution in [2.24, 2.45) is 0 Å². The van der Waals surface area contributed by atoms with E-state index in [1.165, 1.54) is 0 Å². The Kier molecular flexibility index (Phi) is 2.43. The van der Waals surface area contributed by atoms with Gasteiger partial charge in [-0.25, -0.2) is 4.98 Å². The van der Waals surface area contributed by atoms with Crippen molar-refractivity contribution in [2.75, 3.05) is 5.73 Å². The second-order valence-corrected chi connectivity index (χ2v) is 2.70. The van der Waals surface area contributed by atoms with Gasteiger partial charge in [-0.3, -0.25) is 4.79 Å². The molecule has 0 unspecified atom stereocenters. The van der Waals surface area contributed by atoms with Gasteiger partial charge >= 0.3 is 0 Å². The minimum absolute atomic E-state index is 0.0328. The first-order valence-electron chi connectivity index (χ1n) is 3.91. The number of anilines is 1. The molecule has 0 atom stereocenters. The van der Waals surface area contributed by atoms with Gasteiger partial charge in [0.15, 0.2) is 5.78 Å². The number of carbonyl (C=O) groups excluding carboxylic acids is 1. The van der Waals surface area contributed by atoms with Crippen LogP contribution in [0.15, 0.2) is 12.1 Å². The summed E-state index contributed by atoms with van der Waals surface area (Å²) in [4.78, 5) is 15.3. The van der Waals surface area contributed by atoms with Gasteiger partial charge in [-0.1, -0.05) is 6.92 Å². The maximum absolute atomic E-state index is 11.2. The summed E-state index contributed by atoms with van der Waals surface area (Å²) in [6, 6.07) is 3.35. The molecule has 1 rings (SSSR count). The van der Waals surface area contributed by atoms with Crippen LogP contribution in [0.2, 0.25) is 0 Å². The molecule has 1 aromatic rings. The highest BCUT2D eigenvalue weighted by atomic mass is 16.1. The lowest BCUT2D eigenvalue weighted by Gasteiger charge is -2.00. The lowest BCUT2D eigenvalue weighted by atomic mass is 10.2. The molecule has 0 amide bonds. The van der Waals surface area contributed by atoms with Crippen LogP contribution in [0.25, 0.3) is 0 Å². The Morgan fingerprint density at radius 1 is 1.58 bits per heavy atom. The largest absolute Gasteiger partial charge is 0.399 e. The molecular formula is C9H12N2O. The summed E-state index contributed by atoms with van der Waals surface area (Å²) in [6.45, 7) is 3.63. The molecule has 1 heterocycles. The number of Topliss-reactive ketones (excluding diaryl/α,β-unsaturated/α-hetero) is 1. The Bertz CT molecular complexity index is 287. The van der Waals surface area contributed by atoms with Gasteiger partial charge in [0.05, 0.1) is 0 Å². The Morgan fingerprint density at radius 3 is 2.75 bits per heavy atom. The first-order chi connectivity index (χ1) is 5.63. The zero-order valence-corrected chi connectivity index (χ0v) is 7.29. The number of pyridine rings is 1. The summed E-state index contributed by atoms with van der Waals surface area (Å²) < 4.78 is 0. The number of carbonyl (C=O) groups is 1. The summed E-state index contributed by atoms with van der Waals surface area (Å²) >= 11 is 0. The molecule has 0 aliphatic rings. The Labute approximate surface area is 71.6 Å². The zero-order chi connectivity index (χ0) is 9.14. The van der Waals surface area contributed by atoms with Gasteiger partial charge in [0.2, 0.25) is 0 Å². The first-order valence-corrected chi connectivity index (χ1v) is 3.91. The number of hydrogen-bond acceptors (Lipinski definition) is 3. The monoisotopic (exact) mass is 164 g/mol. The minimum atomic E-state index is 0.0328. The van der Waals surface area contributed by atoms with Crippen molar-refractivity contribution in [1.29, 1.82) is 0 Å². The number of rotatable bonds is 2. The second kappa shape index (κ2) is 3.34. The van der Waals surface area contributed by atoms with E-state index in [1.54, 1.807) is 12.1 Å². The van der Waals surface area contributed by atoms with Crippen molar-refractivity contribution in [3.05, 3.63) is 23.5 Å². The molecule has 0 fully saturated rings. The lowest BCUT2D eigenvalue weighted by molar-refractivity contribution is 0.0983. The predicted molar refractivity (Wildman–Crippen MR) is 48.0 cm³/mol. The van der Waals surface area contributed by atoms with Gasteiger partial charge in [0.25, 0.3) is 0 Å². The molecule has 0 spiro atoms. The van der Waals surface area contributed by atoms with Crippen LogP contribution in [0.3, 0.4) is 0 Å². The summed E-state index contributed by atoms with van der Waals surface area (Å²) in [6.07, 6.45) is 0.468. The molecule has 0 bridgehead atoms. The molecule has 0 aromatic carbocycles. The summed E-state index contributed by atoms with van der Waals surface area (Å²) in [5.74, 6) is 0.0328. The van der Waals surface area contributed by atoms with E-state index in [0.29, 0.717) is 17.8 Å². The molecule has 0 aliphatic heterocycles. The lowest BCUT2D eigenvalue weighted by Crippen LogP contribution is -2.02. The van der Waals surface area contributed by atoms with Crippen LogP contribution in [-0.2, 0) is 0 Å². The molecule has 0 radical (unpaired) electrons. The maximum atomic E-state index is 11.2. The Morgan fingerprint density at radius 2 is 2.25 bits per heavy atom. The molecule has 64 valence electrons. The molecule has 0 saturated carbocycles. The van der Waals surface area contributed by atoms with E-state index in [-0.39, 0.29) is 5.78 Å². The van der Waals surface area contributed by atoms with E-state index in [0.717, 1.165) is 5.69 Å². The van der Waals surface area contributed by atoms with Crippen LogP contribution < -0.4 is 5.73 Å². The first kappa shape index (κ1) is 8.71. The number of ketones is 1. The number of nitrogen functional groups attached to an aromatic ring is 1. The van der Waals surface area contributed by atoms with Gasteiger partial charge in [-0.2, -0.15) is 0 Å². The summed E-state index contributed by atoms with van der Waals surface area (Å²) in [5, 5.41) is 0. The highest BCUT2D eigenvalue weighted by Gasteiger charge is 2.05. The fourth-order valence-electron chi connectivity index (χ4n) is 1.02. The quantitative estimate of drug-likeness (QED) is 0.675. The van der Waals surface area contributed by atoms with Crippen LogP contribution >= 0.6 is 0 Å². The standard InChI is InChI=1S/C9H12N2O/c1-3-9(12)8-5-7(10)4-6(2)11-8/h4-5H,3H2,1-2H3,(H2,10,11). The third-order valence-electron chi connectivity index (χ3n) is 1.58. The van der Waals surface area contributed by atoms with Crippen molar-refractivity contribution in [3.8, 4) is 0 Å². The van der Waals surface area contributed by atoms with Crippen LogP contribution in [0, 0.1) is 6.92 Å². The fraction of sp³-hybridized carbons (Fsp3) is 0.333. The molecule has 12 heavy (non-hydrogen) atoms. The topological polar surface area (TPSA) is 56.0 Å². The molecule has 3 heteroatoms. The van der Waals surface area contributed by atoms with E-state index < -0.39 is 0 Å². The number of nitrogens with zero attached hydrogens (tertiary/aromatic N) is 1. The van der Waals surface area contributed by atoms with Crippen LogP contribution in [-0.4, -0.2) is 10.8 Å². The average molecular weight is 164 g/mol. The molecule has 3 nitrogen and oxygen atoms in total. The molecule has 2 N–H and O–H groups in total. The van der Waals surface area contributed by atoms with Crippen molar-refractivity contribution >= 4 is 11.5 Å². The van der Waals surface area contributed by atoms with E-state index in [4.69, 9.17) is 5.73 Å². The summed E-state index contributed by atoms with van der Waals surface area (Å²) in [7, 11) is 0. The summed E-state index contributed by atoms with van der Waals surface area (Å²) in [5.41, 5.74) is 7.41. The number of nitrogens with two attached hydrogens (primary N) is 1. The Balaban J connectivity index is 3.08. The van der Waals surface area contributed by atoms with Gasteiger partial charge in [-0.05, 0) is 19.1 Å². The number of hydrogen-bond donors (Lipinski definition) is 1.